The molecule has 0 unspecified atom stereocenters. The van der Waals surface area contributed by atoms with Crippen molar-refractivity contribution in [3.8, 4) is 0 Å². The molecule has 0 aromatic rings. The molecule has 0 bridgehead atoms. The molecule has 0 aromatic heterocycles. The maximum Gasteiger partial charge on any atom is -0.00244 e. The first-order valence-corrected chi connectivity index (χ1v) is 3.62. The van der Waals surface area contributed by atoms with Gasteiger partial charge in [-0.05, 0) is 40.0 Å². The highest BCUT2D eigenvalue weighted by Gasteiger charge is 1.86. The largest absolute Gasteiger partial charge is 0.330 e. The molecular formula is C8H20N2. The second-order valence-corrected chi connectivity index (χ2v) is 2.30. The maximum atomic E-state index is 5.30. The van der Waals surface area contributed by atoms with E-state index in [4.69, 9.17) is 5.73 Å². The lowest BCUT2D eigenvalue weighted by atomic mass is 10.3. The van der Waals surface area contributed by atoms with Crippen LogP contribution in [0.25, 0.3) is 0 Å². The summed E-state index contributed by atoms with van der Waals surface area (Å²) in [5.74, 6) is 0. The van der Waals surface area contributed by atoms with E-state index in [0.29, 0.717) is 0 Å². The lowest BCUT2D eigenvalue weighted by Gasteiger charge is -2.06. The zero-order valence-electron chi connectivity index (χ0n) is 7.27. The fraction of sp³-hybridized carbons (Fsp3) is 0.750. The topological polar surface area (TPSA) is 29.3 Å². The molecule has 0 aromatic carbocycles. The zero-order chi connectivity index (χ0) is 8.41. The Labute approximate surface area is 64.7 Å². The summed E-state index contributed by atoms with van der Waals surface area (Å²) in [5.41, 5.74) is 5.30. The van der Waals surface area contributed by atoms with E-state index in [9.17, 15) is 0 Å². The van der Waals surface area contributed by atoms with Crippen molar-refractivity contribution in [3.63, 3.8) is 0 Å². The fourth-order valence-corrected chi connectivity index (χ4v) is 0.572. The van der Waals surface area contributed by atoms with Crippen LogP contribution in [-0.2, 0) is 0 Å². The van der Waals surface area contributed by atoms with Crippen LogP contribution in [0.3, 0.4) is 0 Å². The molecule has 10 heavy (non-hydrogen) atoms. The van der Waals surface area contributed by atoms with Gasteiger partial charge in [-0.25, -0.2) is 0 Å². The molecule has 0 atom stereocenters. The van der Waals surface area contributed by atoms with E-state index in [-0.39, 0.29) is 0 Å². The van der Waals surface area contributed by atoms with E-state index in [0.717, 1.165) is 19.5 Å². The van der Waals surface area contributed by atoms with E-state index in [1.807, 2.05) is 0 Å². The molecule has 0 aliphatic rings. The minimum atomic E-state index is 0.827. The Kier molecular flexibility index (Phi) is 14.1. The Balaban J connectivity index is 0. The van der Waals surface area contributed by atoms with Crippen molar-refractivity contribution in [3.05, 3.63) is 13.2 Å². The van der Waals surface area contributed by atoms with Gasteiger partial charge in [-0.15, -0.1) is 13.2 Å². The molecule has 0 aliphatic heterocycles. The summed E-state index contributed by atoms with van der Waals surface area (Å²) in [7, 11) is 4.16. The average molecular weight is 144 g/mol. The number of hydrogen-bond donors (Lipinski definition) is 1. The summed E-state index contributed by atoms with van der Waals surface area (Å²) in [6.07, 6.45) is 2.38. The van der Waals surface area contributed by atoms with Gasteiger partial charge in [0, 0.05) is 0 Å². The molecule has 0 rings (SSSR count). The van der Waals surface area contributed by atoms with Crippen LogP contribution in [0.1, 0.15) is 12.8 Å². The van der Waals surface area contributed by atoms with Crippen LogP contribution >= 0.6 is 0 Å². The molecule has 0 aliphatic carbocycles. The van der Waals surface area contributed by atoms with Gasteiger partial charge in [-0.1, -0.05) is 0 Å². The standard InChI is InChI=1S/C6H16N2.C2H4/c1-8(2)6-4-3-5-7;1-2/h3-7H2,1-2H3;1-2H2. The zero-order valence-corrected chi connectivity index (χ0v) is 7.27. The Hall–Kier alpha value is -0.340. The van der Waals surface area contributed by atoms with E-state index in [1.54, 1.807) is 0 Å². The van der Waals surface area contributed by atoms with Gasteiger partial charge in [0.2, 0.25) is 0 Å². The minimum Gasteiger partial charge on any atom is -0.330 e. The van der Waals surface area contributed by atoms with Gasteiger partial charge in [-0.3, -0.25) is 0 Å². The molecule has 0 saturated heterocycles. The third-order valence-corrected chi connectivity index (χ3v) is 1.06. The predicted octanol–water partition coefficient (Wildman–Crippen LogP) is 1.09. The Morgan fingerprint density at radius 3 is 2.00 bits per heavy atom. The van der Waals surface area contributed by atoms with E-state index in [1.165, 1.54) is 6.42 Å². The highest BCUT2D eigenvalue weighted by atomic mass is 15.0. The van der Waals surface area contributed by atoms with Crippen molar-refractivity contribution in [1.82, 2.24) is 4.90 Å². The van der Waals surface area contributed by atoms with Crippen LogP contribution in [0.5, 0.6) is 0 Å². The number of nitrogens with two attached hydrogens (primary N) is 1. The molecule has 2 heteroatoms. The second-order valence-electron chi connectivity index (χ2n) is 2.30. The molecule has 0 spiro atoms. The van der Waals surface area contributed by atoms with Crippen molar-refractivity contribution in [2.45, 2.75) is 12.8 Å². The van der Waals surface area contributed by atoms with Crippen molar-refractivity contribution in [1.29, 1.82) is 0 Å². The van der Waals surface area contributed by atoms with Gasteiger partial charge in [-0.2, -0.15) is 0 Å². The molecule has 0 amide bonds. The third-order valence-electron chi connectivity index (χ3n) is 1.06. The summed E-state index contributed by atoms with van der Waals surface area (Å²) in [5, 5.41) is 0. The molecule has 0 saturated carbocycles. The number of rotatable bonds is 4. The van der Waals surface area contributed by atoms with Crippen molar-refractivity contribution >= 4 is 0 Å². The van der Waals surface area contributed by atoms with Crippen molar-refractivity contribution in [2.75, 3.05) is 27.2 Å². The smallest absolute Gasteiger partial charge is 0.00244 e. The molecule has 0 heterocycles. The van der Waals surface area contributed by atoms with Gasteiger partial charge < -0.3 is 10.6 Å². The SMILES string of the molecule is C=C.CN(C)CCCCN. The first-order valence-electron chi connectivity index (χ1n) is 3.62. The molecule has 2 nitrogen and oxygen atoms in total. The quantitative estimate of drug-likeness (QED) is 0.473. The third kappa shape index (κ3) is 15.6. The number of hydrogen-bond acceptors (Lipinski definition) is 2. The van der Waals surface area contributed by atoms with Gasteiger partial charge in [0.05, 0.1) is 0 Å². The normalized spacial score (nSPS) is 8.80. The average Bonchev–Trinajstić information content (AvgIpc) is 1.92. The van der Waals surface area contributed by atoms with Gasteiger partial charge >= 0.3 is 0 Å². The highest BCUT2D eigenvalue weighted by molar-refractivity contribution is 4.44. The van der Waals surface area contributed by atoms with Crippen LogP contribution in [0, 0.1) is 0 Å². The minimum absolute atomic E-state index is 0.827. The molecular weight excluding hydrogens is 124 g/mol. The lowest BCUT2D eigenvalue weighted by Crippen LogP contribution is -2.14. The van der Waals surface area contributed by atoms with E-state index >= 15 is 0 Å². The highest BCUT2D eigenvalue weighted by Crippen LogP contribution is 1.86. The molecule has 2 N–H and O–H groups in total. The first-order chi connectivity index (χ1) is 4.77. The molecule has 0 fully saturated rings. The summed E-state index contributed by atoms with van der Waals surface area (Å²) in [4.78, 5) is 2.18. The Morgan fingerprint density at radius 2 is 1.70 bits per heavy atom. The van der Waals surface area contributed by atoms with Gasteiger partial charge in [0.25, 0.3) is 0 Å². The first kappa shape index (κ1) is 12.3. The van der Waals surface area contributed by atoms with Crippen LogP contribution in [-0.4, -0.2) is 32.1 Å². The fourth-order valence-electron chi connectivity index (χ4n) is 0.572. The molecule has 62 valence electrons. The summed E-state index contributed by atoms with van der Waals surface area (Å²) < 4.78 is 0. The van der Waals surface area contributed by atoms with E-state index in [2.05, 4.69) is 32.2 Å². The number of unbranched alkanes of at least 4 members (excludes halogenated alkanes) is 1. The van der Waals surface area contributed by atoms with Gasteiger partial charge in [0.1, 0.15) is 0 Å². The van der Waals surface area contributed by atoms with Crippen LogP contribution in [0.15, 0.2) is 13.2 Å². The predicted molar refractivity (Wildman–Crippen MR) is 48.1 cm³/mol. The summed E-state index contributed by atoms with van der Waals surface area (Å²) in [6.45, 7) is 7.99. The van der Waals surface area contributed by atoms with Crippen LogP contribution in [0.4, 0.5) is 0 Å². The van der Waals surface area contributed by atoms with Crippen molar-refractivity contribution < 1.29 is 0 Å². The second kappa shape index (κ2) is 11.5. The van der Waals surface area contributed by atoms with Crippen LogP contribution < -0.4 is 5.73 Å². The van der Waals surface area contributed by atoms with E-state index < -0.39 is 0 Å². The van der Waals surface area contributed by atoms with Gasteiger partial charge in [0.15, 0.2) is 0 Å². The Bertz CT molecular complexity index is 53.2. The monoisotopic (exact) mass is 144 g/mol. The number of nitrogens with zero attached hydrogens (tertiary/aromatic N) is 1. The summed E-state index contributed by atoms with van der Waals surface area (Å²) in [6, 6.07) is 0. The molecule has 0 radical (unpaired) electrons. The lowest BCUT2D eigenvalue weighted by molar-refractivity contribution is 0.396. The van der Waals surface area contributed by atoms with Crippen molar-refractivity contribution in [2.24, 2.45) is 5.73 Å². The summed E-state index contributed by atoms with van der Waals surface area (Å²) >= 11 is 0. The maximum absolute atomic E-state index is 5.30. The van der Waals surface area contributed by atoms with Crippen LogP contribution in [0.2, 0.25) is 0 Å². The Morgan fingerprint density at radius 1 is 1.20 bits per heavy atom.